The fraction of sp³-hybridized carbons (Fsp3) is 0.308. The Kier molecular flexibility index (Phi) is 4.08. The molecule has 0 bridgehead atoms. The van der Waals surface area contributed by atoms with E-state index < -0.39 is 5.97 Å². The molecular formula is C13H14BrN3O3. The van der Waals surface area contributed by atoms with E-state index >= 15 is 0 Å². The molecule has 2 rings (SSSR count). The standard InChI is InChI=1S/C13H14BrN3O3/c1-3-17-10(12(14)8(2)15-17)7-16-9(13(19)20)5-4-6-11(16)18/h4-6H,3,7H2,1-2H3,(H,19,20). The number of aromatic nitrogens is 3. The highest BCUT2D eigenvalue weighted by Gasteiger charge is 2.16. The monoisotopic (exact) mass is 339 g/mol. The number of carboxylic acid groups (broad SMARTS) is 1. The molecule has 2 aromatic heterocycles. The number of aromatic carboxylic acids is 1. The summed E-state index contributed by atoms with van der Waals surface area (Å²) in [6.45, 7) is 4.60. The zero-order chi connectivity index (χ0) is 14.9. The minimum Gasteiger partial charge on any atom is -0.477 e. The Balaban J connectivity index is 2.56. The van der Waals surface area contributed by atoms with Crippen molar-refractivity contribution in [2.75, 3.05) is 0 Å². The molecule has 0 saturated carbocycles. The SMILES string of the molecule is CCn1nc(C)c(Br)c1Cn1c(C(=O)O)cccc1=O. The number of hydrogen-bond acceptors (Lipinski definition) is 3. The van der Waals surface area contributed by atoms with E-state index in [0.717, 1.165) is 15.9 Å². The van der Waals surface area contributed by atoms with Crippen molar-refractivity contribution >= 4 is 21.9 Å². The Morgan fingerprint density at radius 2 is 2.15 bits per heavy atom. The molecule has 0 fully saturated rings. The summed E-state index contributed by atoms with van der Waals surface area (Å²) in [7, 11) is 0. The van der Waals surface area contributed by atoms with Crippen LogP contribution in [-0.4, -0.2) is 25.4 Å². The summed E-state index contributed by atoms with van der Waals surface area (Å²) >= 11 is 3.44. The van der Waals surface area contributed by atoms with Gasteiger partial charge in [-0.2, -0.15) is 5.10 Å². The summed E-state index contributed by atoms with van der Waals surface area (Å²) < 4.78 is 3.78. The van der Waals surface area contributed by atoms with E-state index in [0.29, 0.717) is 6.54 Å². The van der Waals surface area contributed by atoms with E-state index in [9.17, 15) is 14.7 Å². The maximum absolute atomic E-state index is 11.9. The Morgan fingerprint density at radius 3 is 2.75 bits per heavy atom. The zero-order valence-corrected chi connectivity index (χ0v) is 12.7. The van der Waals surface area contributed by atoms with Gasteiger partial charge in [0.15, 0.2) is 0 Å². The quantitative estimate of drug-likeness (QED) is 0.922. The molecule has 0 saturated heterocycles. The van der Waals surface area contributed by atoms with Gasteiger partial charge in [-0.3, -0.25) is 14.0 Å². The van der Waals surface area contributed by atoms with Crippen molar-refractivity contribution in [2.45, 2.75) is 26.9 Å². The molecule has 0 aliphatic carbocycles. The summed E-state index contributed by atoms with van der Waals surface area (Å²) in [5.41, 5.74) is 1.20. The Labute approximate surface area is 123 Å². The van der Waals surface area contributed by atoms with E-state index in [4.69, 9.17) is 0 Å². The summed E-state index contributed by atoms with van der Waals surface area (Å²) in [5.74, 6) is -1.13. The van der Waals surface area contributed by atoms with Crippen LogP contribution in [0.4, 0.5) is 0 Å². The number of nitrogens with zero attached hydrogens (tertiary/aromatic N) is 3. The number of aryl methyl sites for hydroxylation is 2. The highest BCUT2D eigenvalue weighted by Crippen LogP contribution is 2.22. The normalized spacial score (nSPS) is 10.8. The summed E-state index contributed by atoms with van der Waals surface area (Å²) in [5, 5.41) is 13.5. The maximum atomic E-state index is 11.9. The number of carboxylic acids is 1. The molecule has 0 aromatic carbocycles. The molecule has 2 aromatic rings. The minimum absolute atomic E-state index is 0.0362. The molecule has 7 heteroatoms. The van der Waals surface area contributed by atoms with Crippen LogP contribution in [0.1, 0.15) is 28.8 Å². The Hall–Kier alpha value is -1.89. The lowest BCUT2D eigenvalue weighted by molar-refractivity contribution is 0.0684. The van der Waals surface area contributed by atoms with Crippen LogP contribution in [0.5, 0.6) is 0 Å². The third-order valence-electron chi connectivity index (χ3n) is 3.03. The van der Waals surface area contributed by atoms with Gasteiger partial charge in [-0.25, -0.2) is 4.79 Å². The lowest BCUT2D eigenvalue weighted by Crippen LogP contribution is -2.26. The van der Waals surface area contributed by atoms with E-state index in [-0.39, 0.29) is 17.8 Å². The smallest absolute Gasteiger partial charge is 0.352 e. The number of pyridine rings is 1. The van der Waals surface area contributed by atoms with E-state index in [1.54, 1.807) is 4.68 Å². The van der Waals surface area contributed by atoms with Crippen molar-refractivity contribution in [1.82, 2.24) is 14.3 Å². The Bertz CT molecular complexity index is 718. The Morgan fingerprint density at radius 1 is 1.45 bits per heavy atom. The highest BCUT2D eigenvalue weighted by molar-refractivity contribution is 9.10. The van der Waals surface area contributed by atoms with Crippen LogP contribution in [0.3, 0.4) is 0 Å². The van der Waals surface area contributed by atoms with Crippen molar-refractivity contribution in [3.63, 3.8) is 0 Å². The van der Waals surface area contributed by atoms with Gasteiger partial charge in [0.25, 0.3) is 5.56 Å². The third-order valence-corrected chi connectivity index (χ3v) is 4.06. The van der Waals surface area contributed by atoms with Crippen molar-refractivity contribution in [3.8, 4) is 0 Å². The van der Waals surface area contributed by atoms with Crippen LogP contribution in [0, 0.1) is 6.92 Å². The number of halogens is 1. The first-order valence-electron chi connectivity index (χ1n) is 6.10. The molecule has 0 atom stereocenters. The van der Waals surface area contributed by atoms with Crippen molar-refractivity contribution < 1.29 is 9.90 Å². The molecule has 0 aliphatic heterocycles. The first-order chi connectivity index (χ1) is 9.45. The van der Waals surface area contributed by atoms with Crippen molar-refractivity contribution in [2.24, 2.45) is 0 Å². The van der Waals surface area contributed by atoms with E-state index in [2.05, 4.69) is 21.0 Å². The molecule has 20 heavy (non-hydrogen) atoms. The predicted molar refractivity (Wildman–Crippen MR) is 77.1 cm³/mol. The first kappa shape index (κ1) is 14.5. The molecule has 106 valence electrons. The van der Waals surface area contributed by atoms with Crippen LogP contribution in [-0.2, 0) is 13.1 Å². The van der Waals surface area contributed by atoms with Gasteiger partial charge in [0, 0.05) is 12.6 Å². The van der Waals surface area contributed by atoms with Crippen molar-refractivity contribution in [3.05, 3.63) is 50.1 Å². The van der Waals surface area contributed by atoms with Gasteiger partial charge in [0.05, 0.1) is 22.4 Å². The zero-order valence-electron chi connectivity index (χ0n) is 11.1. The molecule has 0 aliphatic rings. The molecular weight excluding hydrogens is 326 g/mol. The van der Waals surface area contributed by atoms with Crippen LogP contribution < -0.4 is 5.56 Å². The molecule has 6 nitrogen and oxygen atoms in total. The first-order valence-corrected chi connectivity index (χ1v) is 6.90. The number of rotatable bonds is 4. The molecule has 0 spiro atoms. The third kappa shape index (κ3) is 2.53. The lowest BCUT2D eigenvalue weighted by atomic mass is 10.3. The van der Waals surface area contributed by atoms with Crippen molar-refractivity contribution in [1.29, 1.82) is 0 Å². The van der Waals surface area contributed by atoms with Crippen LogP contribution in [0.15, 0.2) is 27.5 Å². The van der Waals surface area contributed by atoms with E-state index in [1.807, 2.05) is 13.8 Å². The van der Waals surface area contributed by atoms with Gasteiger partial charge in [-0.1, -0.05) is 6.07 Å². The summed E-state index contributed by atoms with van der Waals surface area (Å²) in [6.07, 6.45) is 0. The maximum Gasteiger partial charge on any atom is 0.352 e. The molecule has 0 unspecified atom stereocenters. The summed E-state index contributed by atoms with van der Waals surface area (Å²) in [6, 6.07) is 4.21. The highest BCUT2D eigenvalue weighted by atomic mass is 79.9. The fourth-order valence-electron chi connectivity index (χ4n) is 2.04. The lowest BCUT2D eigenvalue weighted by Gasteiger charge is -2.11. The summed E-state index contributed by atoms with van der Waals surface area (Å²) in [4.78, 5) is 23.1. The largest absolute Gasteiger partial charge is 0.477 e. The predicted octanol–water partition coefficient (Wildman–Crippen LogP) is 1.88. The molecule has 0 amide bonds. The minimum atomic E-state index is -1.13. The number of hydrogen-bond donors (Lipinski definition) is 1. The van der Waals surface area contributed by atoms with Crippen LogP contribution in [0.25, 0.3) is 0 Å². The number of carbonyl (C=O) groups is 1. The van der Waals surface area contributed by atoms with Gasteiger partial charge in [-0.15, -0.1) is 0 Å². The topological polar surface area (TPSA) is 77.1 Å². The molecule has 1 N–H and O–H groups in total. The van der Waals surface area contributed by atoms with E-state index in [1.165, 1.54) is 22.8 Å². The molecule has 0 radical (unpaired) electrons. The van der Waals surface area contributed by atoms with Crippen LogP contribution >= 0.6 is 15.9 Å². The second kappa shape index (κ2) is 5.62. The second-order valence-electron chi connectivity index (χ2n) is 4.30. The fourth-order valence-corrected chi connectivity index (χ4v) is 2.45. The van der Waals surface area contributed by atoms with Gasteiger partial charge in [0.2, 0.25) is 0 Å². The average molecular weight is 340 g/mol. The van der Waals surface area contributed by atoms with Gasteiger partial charge in [-0.05, 0) is 35.8 Å². The molecule has 2 heterocycles. The van der Waals surface area contributed by atoms with Gasteiger partial charge in [0.1, 0.15) is 5.69 Å². The van der Waals surface area contributed by atoms with Gasteiger partial charge < -0.3 is 5.11 Å². The van der Waals surface area contributed by atoms with Crippen LogP contribution in [0.2, 0.25) is 0 Å². The average Bonchev–Trinajstić information content (AvgIpc) is 2.68. The van der Waals surface area contributed by atoms with Gasteiger partial charge >= 0.3 is 5.97 Å². The second-order valence-corrected chi connectivity index (χ2v) is 5.10.